The predicted molar refractivity (Wildman–Crippen MR) is 87.4 cm³/mol. The second-order valence-electron chi connectivity index (χ2n) is 5.58. The molecule has 134 valence electrons. The fourth-order valence-electron chi connectivity index (χ4n) is 2.65. The topological polar surface area (TPSA) is 60.9 Å². The van der Waals surface area contributed by atoms with E-state index in [0.717, 1.165) is 25.1 Å². The van der Waals surface area contributed by atoms with Gasteiger partial charge in [0.25, 0.3) is 5.91 Å². The third kappa shape index (κ3) is 5.42. The number of hydrogen-bond acceptors (Lipinski definition) is 3. The van der Waals surface area contributed by atoms with Crippen LogP contribution in [0.4, 0.5) is 8.78 Å². The molecule has 1 amide bonds. The van der Waals surface area contributed by atoms with Gasteiger partial charge in [0, 0.05) is 32.6 Å². The Hall–Kier alpha value is -1.73. The average Bonchev–Trinajstić information content (AvgIpc) is 2.51. The number of carbonyl (C=O) groups excluding carboxylic acids is 1. The lowest BCUT2D eigenvalue weighted by molar-refractivity contribution is -0.137. The van der Waals surface area contributed by atoms with Crippen molar-refractivity contribution in [3.8, 4) is 0 Å². The number of carboxylic acid groups (broad SMARTS) is 1. The molecule has 2 rings (SSSR count). The molecule has 1 heterocycles. The lowest BCUT2D eigenvalue weighted by atomic mass is 10.1. The maximum Gasteiger partial charge on any atom is 0.303 e. The van der Waals surface area contributed by atoms with Gasteiger partial charge in [0.1, 0.15) is 17.2 Å². The van der Waals surface area contributed by atoms with Crippen LogP contribution in [0.2, 0.25) is 0 Å². The van der Waals surface area contributed by atoms with Crippen molar-refractivity contribution >= 4 is 24.3 Å². The van der Waals surface area contributed by atoms with Gasteiger partial charge in [0.15, 0.2) is 0 Å². The molecule has 1 aromatic carbocycles. The zero-order chi connectivity index (χ0) is 16.8. The summed E-state index contributed by atoms with van der Waals surface area (Å²) >= 11 is 0. The van der Waals surface area contributed by atoms with E-state index in [1.165, 1.54) is 11.0 Å². The highest BCUT2D eigenvalue weighted by Gasteiger charge is 2.26. The first-order valence-corrected chi connectivity index (χ1v) is 7.66. The molecule has 0 atom stereocenters. The van der Waals surface area contributed by atoms with Crippen LogP contribution in [0, 0.1) is 11.6 Å². The van der Waals surface area contributed by atoms with Crippen molar-refractivity contribution in [1.29, 1.82) is 0 Å². The summed E-state index contributed by atoms with van der Waals surface area (Å²) in [6.07, 6.45) is 1.56. The van der Waals surface area contributed by atoms with E-state index < -0.39 is 29.1 Å². The molecule has 24 heavy (non-hydrogen) atoms. The molecule has 1 aliphatic heterocycles. The Kier molecular flexibility index (Phi) is 8.07. The van der Waals surface area contributed by atoms with Crippen molar-refractivity contribution < 1.29 is 23.5 Å². The lowest BCUT2D eigenvalue weighted by Gasteiger charge is -2.34. The van der Waals surface area contributed by atoms with Crippen LogP contribution < -0.4 is 0 Å². The Balaban J connectivity index is 0.00000288. The molecule has 1 aliphatic rings. The summed E-state index contributed by atoms with van der Waals surface area (Å²) in [5.41, 5.74) is -0.498. The van der Waals surface area contributed by atoms with Crippen molar-refractivity contribution in [3.63, 3.8) is 0 Å². The van der Waals surface area contributed by atoms with Crippen LogP contribution in [0.3, 0.4) is 0 Å². The Bertz CT molecular complexity index is 558. The van der Waals surface area contributed by atoms with Crippen LogP contribution in [0.1, 0.15) is 29.6 Å². The van der Waals surface area contributed by atoms with Gasteiger partial charge < -0.3 is 10.0 Å². The largest absolute Gasteiger partial charge is 0.481 e. The van der Waals surface area contributed by atoms with Gasteiger partial charge in [-0.1, -0.05) is 6.07 Å². The maximum atomic E-state index is 13.7. The second-order valence-corrected chi connectivity index (χ2v) is 5.58. The molecule has 0 saturated carbocycles. The lowest BCUT2D eigenvalue weighted by Crippen LogP contribution is -2.49. The minimum absolute atomic E-state index is 0. The highest BCUT2D eigenvalue weighted by molar-refractivity contribution is 5.94. The van der Waals surface area contributed by atoms with E-state index >= 15 is 0 Å². The van der Waals surface area contributed by atoms with Gasteiger partial charge in [-0.3, -0.25) is 14.5 Å². The maximum absolute atomic E-state index is 13.7. The van der Waals surface area contributed by atoms with E-state index in [1.807, 2.05) is 0 Å². The van der Waals surface area contributed by atoms with Gasteiger partial charge in [-0.15, -0.1) is 12.4 Å². The van der Waals surface area contributed by atoms with E-state index in [1.54, 1.807) is 0 Å². The van der Waals surface area contributed by atoms with E-state index in [4.69, 9.17) is 5.11 Å². The minimum atomic E-state index is -0.842. The summed E-state index contributed by atoms with van der Waals surface area (Å²) in [5, 5.41) is 8.58. The van der Waals surface area contributed by atoms with Gasteiger partial charge >= 0.3 is 5.97 Å². The van der Waals surface area contributed by atoms with Gasteiger partial charge in [-0.05, 0) is 31.5 Å². The standard InChI is InChI=1S/C16H20F2N2O3.ClH/c17-12-4-3-5-13(18)15(12)16(23)20-10-8-19(9-11-20)7-2-1-6-14(21)22;/h3-5H,1-2,6-11H2,(H,21,22);1H. The van der Waals surface area contributed by atoms with Crippen LogP contribution in [-0.2, 0) is 4.79 Å². The predicted octanol–water partition coefficient (Wildman–Crippen LogP) is 2.40. The second kappa shape index (κ2) is 9.54. The Labute approximate surface area is 145 Å². The number of hydrogen-bond donors (Lipinski definition) is 1. The zero-order valence-electron chi connectivity index (χ0n) is 13.2. The summed E-state index contributed by atoms with van der Waals surface area (Å²) in [7, 11) is 0. The number of piperazine rings is 1. The van der Waals surface area contributed by atoms with Crippen molar-refractivity contribution in [2.24, 2.45) is 0 Å². The Morgan fingerprint density at radius 3 is 2.17 bits per heavy atom. The normalized spacial score (nSPS) is 15.0. The highest BCUT2D eigenvalue weighted by atomic mass is 35.5. The monoisotopic (exact) mass is 362 g/mol. The number of benzene rings is 1. The molecular weight excluding hydrogens is 342 g/mol. The Morgan fingerprint density at radius 1 is 1.04 bits per heavy atom. The minimum Gasteiger partial charge on any atom is -0.481 e. The van der Waals surface area contributed by atoms with Crippen LogP contribution in [-0.4, -0.2) is 59.5 Å². The number of nitrogens with zero attached hydrogens (tertiary/aromatic N) is 2. The Morgan fingerprint density at radius 2 is 1.62 bits per heavy atom. The smallest absolute Gasteiger partial charge is 0.303 e. The molecule has 1 fully saturated rings. The van der Waals surface area contributed by atoms with E-state index in [2.05, 4.69) is 4.90 Å². The van der Waals surface area contributed by atoms with Gasteiger partial charge in [0.05, 0.1) is 0 Å². The number of halogens is 3. The number of amides is 1. The van der Waals surface area contributed by atoms with Crippen molar-refractivity contribution in [1.82, 2.24) is 9.80 Å². The molecule has 0 unspecified atom stereocenters. The molecule has 0 aliphatic carbocycles. The third-order valence-corrected chi connectivity index (χ3v) is 3.95. The number of unbranched alkanes of at least 4 members (excludes halogenated alkanes) is 1. The zero-order valence-corrected chi connectivity index (χ0v) is 14.0. The van der Waals surface area contributed by atoms with E-state index in [-0.39, 0.29) is 18.8 Å². The number of rotatable bonds is 6. The molecule has 1 saturated heterocycles. The van der Waals surface area contributed by atoms with Gasteiger partial charge in [0.2, 0.25) is 0 Å². The quantitative estimate of drug-likeness (QED) is 0.789. The van der Waals surface area contributed by atoms with Crippen molar-refractivity contribution in [3.05, 3.63) is 35.4 Å². The van der Waals surface area contributed by atoms with Crippen molar-refractivity contribution in [2.75, 3.05) is 32.7 Å². The fraction of sp³-hybridized carbons (Fsp3) is 0.500. The van der Waals surface area contributed by atoms with Crippen LogP contribution in [0.15, 0.2) is 18.2 Å². The molecular formula is C16H21ClF2N2O3. The summed E-state index contributed by atoms with van der Waals surface area (Å²) in [6.45, 7) is 2.82. The molecule has 0 bridgehead atoms. The van der Waals surface area contributed by atoms with Gasteiger partial charge in [-0.2, -0.15) is 0 Å². The molecule has 8 heteroatoms. The van der Waals surface area contributed by atoms with Gasteiger partial charge in [-0.25, -0.2) is 8.78 Å². The number of carbonyl (C=O) groups is 2. The molecule has 5 nitrogen and oxygen atoms in total. The van der Waals surface area contributed by atoms with E-state index in [0.29, 0.717) is 32.6 Å². The highest BCUT2D eigenvalue weighted by Crippen LogP contribution is 2.16. The summed E-state index contributed by atoms with van der Waals surface area (Å²) in [6, 6.07) is 3.39. The number of carboxylic acids is 1. The van der Waals surface area contributed by atoms with Crippen LogP contribution in [0.25, 0.3) is 0 Å². The molecule has 1 aromatic rings. The first-order valence-electron chi connectivity index (χ1n) is 7.66. The molecule has 1 N–H and O–H groups in total. The summed E-state index contributed by atoms with van der Waals surface area (Å²) < 4.78 is 27.3. The fourth-order valence-corrected chi connectivity index (χ4v) is 2.65. The van der Waals surface area contributed by atoms with Crippen molar-refractivity contribution in [2.45, 2.75) is 19.3 Å². The summed E-state index contributed by atoms with van der Waals surface area (Å²) in [4.78, 5) is 26.3. The molecule has 0 radical (unpaired) electrons. The first kappa shape index (κ1) is 20.3. The van der Waals surface area contributed by atoms with Crippen LogP contribution in [0.5, 0.6) is 0 Å². The number of aliphatic carboxylic acids is 1. The first-order chi connectivity index (χ1) is 11.0. The average molecular weight is 363 g/mol. The SMILES string of the molecule is Cl.O=C(O)CCCCN1CCN(C(=O)c2c(F)cccc2F)CC1. The third-order valence-electron chi connectivity index (χ3n) is 3.95. The summed E-state index contributed by atoms with van der Waals surface area (Å²) in [5.74, 6) is -3.10. The van der Waals surface area contributed by atoms with E-state index in [9.17, 15) is 18.4 Å². The molecule has 0 aromatic heterocycles. The van der Waals surface area contributed by atoms with Crippen LogP contribution >= 0.6 is 12.4 Å². The molecule has 0 spiro atoms.